The standard InChI is InChI=1S/C6H13N3/c1-6(3-4-6)5(8-2)9-7/h3-4,7H2,1-2H3,(H,8,9). The third-order valence-corrected chi connectivity index (χ3v) is 1.93. The quantitative estimate of drug-likeness (QED) is 0.230. The van der Waals surface area contributed by atoms with Gasteiger partial charge in [-0.2, -0.15) is 0 Å². The average Bonchev–Trinajstić information content (AvgIpc) is 2.52. The molecule has 3 nitrogen and oxygen atoms in total. The number of nitrogens with one attached hydrogen (secondary N) is 1. The summed E-state index contributed by atoms with van der Waals surface area (Å²) in [5, 5.41) is 0. The molecule has 1 fully saturated rings. The minimum absolute atomic E-state index is 0.281. The van der Waals surface area contributed by atoms with Crippen molar-refractivity contribution < 1.29 is 0 Å². The third kappa shape index (κ3) is 1.05. The first kappa shape index (κ1) is 6.55. The van der Waals surface area contributed by atoms with E-state index in [-0.39, 0.29) is 5.41 Å². The Labute approximate surface area is 55.3 Å². The molecule has 0 aliphatic heterocycles. The Morgan fingerprint density at radius 3 is 2.33 bits per heavy atom. The van der Waals surface area contributed by atoms with E-state index in [4.69, 9.17) is 5.84 Å². The average molecular weight is 127 g/mol. The number of rotatable bonds is 1. The topological polar surface area (TPSA) is 50.4 Å². The molecule has 1 rings (SSSR count). The monoisotopic (exact) mass is 127 g/mol. The molecular formula is C6H13N3. The van der Waals surface area contributed by atoms with Crippen molar-refractivity contribution in [1.29, 1.82) is 0 Å². The van der Waals surface area contributed by atoms with Crippen molar-refractivity contribution >= 4 is 5.84 Å². The van der Waals surface area contributed by atoms with E-state index in [1.807, 2.05) is 0 Å². The molecule has 0 aromatic heterocycles. The zero-order chi connectivity index (χ0) is 6.91. The van der Waals surface area contributed by atoms with Crippen LogP contribution in [-0.2, 0) is 0 Å². The highest BCUT2D eigenvalue weighted by Crippen LogP contribution is 2.45. The van der Waals surface area contributed by atoms with E-state index in [2.05, 4.69) is 17.3 Å². The summed E-state index contributed by atoms with van der Waals surface area (Å²) < 4.78 is 0. The molecule has 0 heterocycles. The van der Waals surface area contributed by atoms with Crippen LogP contribution in [0.2, 0.25) is 0 Å². The maximum absolute atomic E-state index is 5.23. The van der Waals surface area contributed by atoms with Gasteiger partial charge in [0.15, 0.2) is 0 Å². The highest BCUT2D eigenvalue weighted by atomic mass is 15.3. The molecule has 0 atom stereocenters. The summed E-state index contributed by atoms with van der Waals surface area (Å²) in [6.45, 7) is 2.16. The lowest BCUT2D eigenvalue weighted by molar-refractivity contribution is 0.746. The van der Waals surface area contributed by atoms with E-state index < -0.39 is 0 Å². The van der Waals surface area contributed by atoms with Gasteiger partial charge in [-0.1, -0.05) is 6.92 Å². The number of hydrazine groups is 1. The summed E-state index contributed by atoms with van der Waals surface area (Å²) in [7, 11) is 1.76. The predicted molar refractivity (Wildman–Crippen MR) is 38.0 cm³/mol. The Balaban J connectivity index is 2.58. The Morgan fingerprint density at radius 1 is 1.67 bits per heavy atom. The second kappa shape index (κ2) is 1.99. The maximum atomic E-state index is 5.23. The molecule has 0 aromatic carbocycles. The van der Waals surface area contributed by atoms with Gasteiger partial charge in [0.1, 0.15) is 5.84 Å². The van der Waals surface area contributed by atoms with Gasteiger partial charge < -0.3 is 5.43 Å². The van der Waals surface area contributed by atoms with Crippen LogP contribution in [0.1, 0.15) is 19.8 Å². The van der Waals surface area contributed by atoms with Gasteiger partial charge in [-0.05, 0) is 12.8 Å². The normalized spacial score (nSPS) is 23.7. The number of nitrogens with two attached hydrogens (primary N) is 1. The number of nitrogens with zero attached hydrogens (tertiary/aromatic N) is 1. The molecular weight excluding hydrogens is 114 g/mol. The third-order valence-electron chi connectivity index (χ3n) is 1.93. The van der Waals surface area contributed by atoms with Crippen LogP contribution < -0.4 is 11.3 Å². The number of hydrogen-bond donors (Lipinski definition) is 2. The van der Waals surface area contributed by atoms with Crippen LogP contribution >= 0.6 is 0 Å². The van der Waals surface area contributed by atoms with Crippen molar-refractivity contribution in [3.8, 4) is 0 Å². The van der Waals surface area contributed by atoms with E-state index in [0.29, 0.717) is 0 Å². The summed E-state index contributed by atoms with van der Waals surface area (Å²) in [5.74, 6) is 6.16. The molecule has 3 N–H and O–H groups in total. The fraction of sp³-hybridized carbons (Fsp3) is 0.833. The van der Waals surface area contributed by atoms with Crippen molar-refractivity contribution in [2.75, 3.05) is 7.05 Å². The molecule has 1 saturated carbocycles. The Morgan fingerprint density at radius 2 is 2.22 bits per heavy atom. The number of aliphatic imine (C=N–C) groups is 1. The van der Waals surface area contributed by atoms with Gasteiger partial charge in [0.25, 0.3) is 0 Å². The highest BCUT2D eigenvalue weighted by molar-refractivity contribution is 5.89. The van der Waals surface area contributed by atoms with Crippen LogP contribution in [0.5, 0.6) is 0 Å². The van der Waals surface area contributed by atoms with Crippen LogP contribution in [0, 0.1) is 5.41 Å². The van der Waals surface area contributed by atoms with Crippen molar-refractivity contribution in [1.82, 2.24) is 5.43 Å². The lowest BCUT2D eigenvalue weighted by Gasteiger charge is -2.09. The fourth-order valence-corrected chi connectivity index (χ4v) is 0.933. The van der Waals surface area contributed by atoms with E-state index in [9.17, 15) is 0 Å². The van der Waals surface area contributed by atoms with Crippen LogP contribution in [-0.4, -0.2) is 12.9 Å². The van der Waals surface area contributed by atoms with Gasteiger partial charge in [-0.3, -0.25) is 4.99 Å². The van der Waals surface area contributed by atoms with Crippen LogP contribution in [0.3, 0.4) is 0 Å². The van der Waals surface area contributed by atoms with Gasteiger partial charge in [0.05, 0.1) is 0 Å². The van der Waals surface area contributed by atoms with Gasteiger partial charge in [0.2, 0.25) is 0 Å². The minimum atomic E-state index is 0.281. The summed E-state index contributed by atoms with van der Waals surface area (Å²) in [6, 6.07) is 0. The van der Waals surface area contributed by atoms with Crippen molar-refractivity contribution in [2.45, 2.75) is 19.8 Å². The summed E-state index contributed by atoms with van der Waals surface area (Å²) in [6.07, 6.45) is 2.42. The van der Waals surface area contributed by atoms with E-state index in [0.717, 1.165) is 5.84 Å². The lowest BCUT2D eigenvalue weighted by atomic mass is 10.1. The summed E-state index contributed by atoms with van der Waals surface area (Å²) in [4.78, 5) is 4.02. The SMILES string of the molecule is CN=C(NN)C1(C)CC1. The largest absolute Gasteiger partial charge is 0.312 e. The molecule has 0 radical (unpaired) electrons. The molecule has 0 aromatic rings. The number of hydrogen-bond acceptors (Lipinski definition) is 2. The molecule has 0 amide bonds. The van der Waals surface area contributed by atoms with Gasteiger partial charge >= 0.3 is 0 Å². The predicted octanol–water partition coefficient (Wildman–Crippen LogP) is 0.278. The van der Waals surface area contributed by atoms with Gasteiger partial charge in [-0.25, -0.2) is 5.84 Å². The molecule has 52 valence electrons. The summed E-state index contributed by atoms with van der Waals surface area (Å²) >= 11 is 0. The molecule has 0 spiro atoms. The first-order valence-corrected chi connectivity index (χ1v) is 3.17. The number of amidine groups is 1. The Bertz CT molecular complexity index is 135. The molecule has 3 heteroatoms. The first-order chi connectivity index (χ1) is 4.23. The van der Waals surface area contributed by atoms with Crippen molar-refractivity contribution in [3.05, 3.63) is 0 Å². The molecule has 0 bridgehead atoms. The lowest BCUT2D eigenvalue weighted by Crippen LogP contribution is -2.35. The first-order valence-electron chi connectivity index (χ1n) is 3.17. The summed E-state index contributed by atoms with van der Waals surface area (Å²) in [5.41, 5.74) is 2.89. The van der Waals surface area contributed by atoms with Gasteiger partial charge in [0, 0.05) is 12.5 Å². The Kier molecular flexibility index (Phi) is 1.45. The van der Waals surface area contributed by atoms with Crippen molar-refractivity contribution in [3.63, 3.8) is 0 Å². The second-order valence-corrected chi connectivity index (χ2v) is 2.78. The van der Waals surface area contributed by atoms with Crippen LogP contribution in [0.25, 0.3) is 0 Å². The zero-order valence-corrected chi connectivity index (χ0v) is 5.94. The molecule has 0 saturated heterocycles. The fourth-order valence-electron chi connectivity index (χ4n) is 0.933. The smallest absolute Gasteiger partial charge is 0.116 e. The van der Waals surface area contributed by atoms with E-state index >= 15 is 0 Å². The molecule has 0 unspecified atom stereocenters. The minimum Gasteiger partial charge on any atom is -0.312 e. The van der Waals surface area contributed by atoms with Crippen molar-refractivity contribution in [2.24, 2.45) is 16.3 Å². The highest BCUT2D eigenvalue weighted by Gasteiger charge is 2.42. The molecule has 1 aliphatic carbocycles. The molecule has 9 heavy (non-hydrogen) atoms. The Hall–Kier alpha value is -0.570. The maximum Gasteiger partial charge on any atom is 0.116 e. The van der Waals surface area contributed by atoms with E-state index in [1.54, 1.807) is 7.05 Å². The van der Waals surface area contributed by atoms with E-state index in [1.165, 1.54) is 12.8 Å². The van der Waals surface area contributed by atoms with Gasteiger partial charge in [-0.15, -0.1) is 0 Å². The zero-order valence-electron chi connectivity index (χ0n) is 5.94. The van der Waals surface area contributed by atoms with Crippen LogP contribution in [0.15, 0.2) is 4.99 Å². The second-order valence-electron chi connectivity index (χ2n) is 2.78. The van der Waals surface area contributed by atoms with Crippen LogP contribution in [0.4, 0.5) is 0 Å². The molecule has 1 aliphatic rings.